The van der Waals surface area contributed by atoms with Gasteiger partial charge in [0.25, 0.3) is 0 Å². The minimum Gasteiger partial charge on any atom is -0.351 e. The average molecular weight is 259 g/mol. The number of halogens is 2. The molecular weight excluding hydrogens is 247 g/mol. The lowest BCUT2D eigenvalue weighted by Gasteiger charge is -2.28. The van der Waals surface area contributed by atoms with E-state index in [4.69, 9.17) is 23.2 Å². The Kier molecular flexibility index (Phi) is 3.38. The summed E-state index contributed by atoms with van der Waals surface area (Å²) >= 11 is 11.7. The lowest BCUT2D eigenvalue weighted by atomic mass is 10.0. The number of rotatable bonds is 1. The summed E-state index contributed by atoms with van der Waals surface area (Å²) in [5, 5.41) is 7.01. The monoisotopic (exact) mass is 258 g/mol. The van der Waals surface area contributed by atoms with Gasteiger partial charge < -0.3 is 10.6 Å². The van der Waals surface area contributed by atoms with E-state index in [0.29, 0.717) is 10.0 Å². The lowest BCUT2D eigenvalue weighted by molar-refractivity contribution is -0.125. The molecular formula is C11H12Cl2N2O. The van der Waals surface area contributed by atoms with Crippen molar-refractivity contribution in [1.29, 1.82) is 0 Å². The molecule has 1 aromatic rings. The van der Waals surface area contributed by atoms with Crippen LogP contribution in [-0.4, -0.2) is 18.5 Å². The number of benzene rings is 1. The molecule has 2 atom stereocenters. The van der Waals surface area contributed by atoms with Gasteiger partial charge in [-0.3, -0.25) is 4.79 Å². The van der Waals surface area contributed by atoms with Crippen LogP contribution < -0.4 is 10.6 Å². The summed E-state index contributed by atoms with van der Waals surface area (Å²) in [6.07, 6.45) is 0. The number of nitrogens with one attached hydrogen (secondary N) is 2. The summed E-state index contributed by atoms with van der Waals surface area (Å²) in [6.45, 7) is 2.70. The molecule has 1 aromatic carbocycles. The Labute approximate surface area is 104 Å². The molecule has 5 heteroatoms. The largest absolute Gasteiger partial charge is 0.351 e. The Morgan fingerprint density at radius 3 is 2.69 bits per heavy atom. The maximum Gasteiger partial charge on any atom is 0.241 e. The van der Waals surface area contributed by atoms with Gasteiger partial charge in [0.1, 0.15) is 6.04 Å². The molecule has 16 heavy (non-hydrogen) atoms. The van der Waals surface area contributed by atoms with Crippen LogP contribution in [0.4, 0.5) is 0 Å². The molecule has 0 aromatic heterocycles. The third-order valence-electron chi connectivity index (χ3n) is 2.56. The second kappa shape index (κ2) is 4.62. The Morgan fingerprint density at radius 1 is 1.31 bits per heavy atom. The zero-order chi connectivity index (χ0) is 11.7. The van der Waals surface area contributed by atoms with E-state index in [9.17, 15) is 4.79 Å². The zero-order valence-corrected chi connectivity index (χ0v) is 10.3. The first-order chi connectivity index (χ1) is 7.58. The lowest BCUT2D eigenvalue weighted by Crippen LogP contribution is -2.52. The molecule has 86 valence electrons. The molecule has 0 saturated carbocycles. The quantitative estimate of drug-likeness (QED) is 0.811. The highest BCUT2D eigenvalue weighted by molar-refractivity contribution is 6.42. The molecule has 0 spiro atoms. The van der Waals surface area contributed by atoms with Gasteiger partial charge in [0.05, 0.1) is 10.0 Å². The Morgan fingerprint density at radius 2 is 2.06 bits per heavy atom. The molecule has 2 rings (SSSR count). The van der Waals surface area contributed by atoms with Crippen LogP contribution in [0.3, 0.4) is 0 Å². The van der Waals surface area contributed by atoms with Crippen LogP contribution >= 0.6 is 23.2 Å². The van der Waals surface area contributed by atoms with Crippen LogP contribution in [0, 0.1) is 0 Å². The third kappa shape index (κ3) is 2.32. The number of piperazine rings is 1. The van der Waals surface area contributed by atoms with E-state index in [2.05, 4.69) is 10.6 Å². The molecule has 1 fully saturated rings. The number of carbonyl (C=O) groups is 1. The molecule has 2 N–H and O–H groups in total. The highest BCUT2D eigenvalue weighted by atomic mass is 35.5. The molecule has 3 nitrogen and oxygen atoms in total. The van der Waals surface area contributed by atoms with Gasteiger partial charge in [0.15, 0.2) is 0 Å². The second-order valence-corrected chi connectivity index (χ2v) is 4.74. The smallest absolute Gasteiger partial charge is 0.241 e. The molecule has 1 amide bonds. The van der Waals surface area contributed by atoms with Gasteiger partial charge >= 0.3 is 0 Å². The van der Waals surface area contributed by atoms with Crippen molar-refractivity contribution in [2.24, 2.45) is 0 Å². The van der Waals surface area contributed by atoms with Crippen LogP contribution in [0.5, 0.6) is 0 Å². The number of hydrogen-bond donors (Lipinski definition) is 2. The standard InChI is InChI=1S/C11H12Cl2N2O/c1-6-5-14-10(11(16)15-6)7-2-3-8(12)9(13)4-7/h2-4,6,10,14H,5H2,1H3,(H,15,16)/t6-,10+/m1/s1. The first-order valence-corrected chi connectivity index (χ1v) is 5.82. The van der Waals surface area contributed by atoms with Gasteiger partial charge in [-0.25, -0.2) is 0 Å². The Hall–Kier alpha value is -0.770. The zero-order valence-electron chi connectivity index (χ0n) is 8.76. The maximum absolute atomic E-state index is 11.8. The van der Waals surface area contributed by atoms with Gasteiger partial charge in [-0.05, 0) is 24.6 Å². The summed E-state index contributed by atoms with van der Waals surface area (Å²) in [7, 11) is 0. The van der Waals surface area contributed by atoms with E-state index in [-0.39, 0.29) is 18.0 Å². The summed E-state index contributed by atoms with van der Waals surface area (Å²) in [6, 6.07) is 5.04. The van der Waals surface area contributed by atoms with Crippen LogP contribution in [0.2, 0.25) is 10.0 Å². The minimum absolute atomic E-state index is 0.0304. The first-order valence-electron chi connectivity index (χ1n) is 5.06. The predicted octanol–water partition coefficient (Wildman–Crippen LogP) is 2.14. The van der Waals surface area contributed by atoms with Gasteiger partial charge in [-0.15, -0.1) is 0 Å². The van der Waals surface area contributed by atoms with Crippen molar-refractivity contribution in [3.05, 3.63) is 33.8 Å². The van der Waals surface area contributed by atoms with Crippen LogP contribution in [0.1, 0.15) is 18.5 Å². The van der Waals surface area contributed by atoms with Crippen molar-refractivity contribution >= 4 is 29.1 Å². The van der Waals surface area contributed by atoms with E-state index in [1.807, 2.05) is 6.92 Å². The maximum atomic E-state index is 11.8. The Bertz CT molecular complexity index is 422. The van der Waals surface area contributed by atoms with Crippen molar-refractivity contribution in [1.82, 2.24) is 10.6 Å². The summed E-state index contributed by atoms with van der Waals surface area (Å²) in [4.78, 5) is 11.8. The van der Waals surface area contributed by atoms with E-state index in [1.165, 1.54) is 0 Å². The second-order valence-electron chi connectivity index (χ2n) is 3.92. The van der Waals surface area contributed by atoms with E-state index in [1.54, 1.807) is 18.2 Å². The van der Waals surface area contributed by atoms with Gasteiger partial charge in [-0.2, -0.15) is 0 Å². The van der Waals surface area contributed by atoms with E-state index in [0.717, 1.165) is 12.1 Å². The molecule has 0 unspecified atom stereocenters. The number of hydrogen-bond acceptors (Lipinski definition) is 2. The normalized spacial score (nSPS) is 25.3. The predicted molar refractivity (Wildman–Crippen MR) is 64.8 cm³/mol. The van der Waals surface area contributed by atoms with Gasteiger partial charge in [0, 0.05) is 12.6 Å². The highest BCUT2D eigenvalue weighted by Gasteiger charge is 2.26. The number of carbonyl (C=O) groups excluding carboxylic acids is 1. The molecule has 1 saturated heterocycles. The van der Waals surface area contributed by atoms with Crippen molar-refractivity contribution < 1.29 is 4.79 Å². The van der Waals surface area contributed by atoms with Crippen LogP contribution in [0.25, 0.3) is 0 Å². The third-order valence-corrected chi connectivity index (χ3v) is 3.30. The van der Waals surface area contributed by atoms with Crippen molar-refractivity contribution in [2.45, 2.75) is 19.0 Å². The fourth-order valence-corrected chi connectivity index (χ4v) is 2.03. The van der Waals surface area contributed by atoms with Gasteiger partial charge in [0.2, 0.25) is 5.91 Å². The van der Waals surface area contributed by atoms with Crippen molar-refractivity contribution in [3.63, 3.8) is 0 Å². The number of amides is 1. The molecule has 1 heterocycles. The fourth-order valence-electron chi connectivity index (χ4n) is 1.73. The fraction of sp³-hybridized carbons (Fsp3) is 0.364. The summed E-state index contributed by atoms with van der Waals surface area (Å²) in [5.41, 5.74) is 0.832. The van der Waals surface area contributed by atoms with Crippen molar-refractivity contribution in [3.8, 4) is 0 Å². The Balaban J connectivity index is 2.24. The van der Waals surface area contributed by atoms with Gasteiger partial charge in [-0.1, -0.05) is 29.3 Å². The van der Waals surface area contributed by atoms with Crippen LogP contribution in [-0.2, 0) is 4.79 Å². The molecule has 0 aliphatic carbocycles. The minimum atomic E-state index is -0.342. The van der Waals surface area contributed by atoms with E-state index < -0.39 is 0 Å². The van der Waals surface area contributed by atoms with Crippen molar-refractivity contribution in [2.75, 3.05) is 6.54 Å². The van der Waals surface area contributed by atoms with Crippen LogP contribution in [0.15, 0.2) is 18.2 Å². The first kappa shape index (κ1) is 11.7. The van der Waals surface area contributed by atoms with E-state index >= 15 is 0 Å². The average Bonchev–Trinajstić information content (AvgIpc) is 2.22. The molecule has 1 aliphatic heterocycles. The SMILES string of the molecule is C[C@@H]1CN[C@@H](c2ccc(Cl)c(Cl)c2)C(=O)N1. The summed E-state index contributed by atoms with van der Waals surface area (Å²) < 4.78 is 0. The molecule has 1 aliphatic rings. The molecule has 0 bridgehead atoms. The summed E-state index contributed by atoms with van der Waals surface area (Å²) in [5.74, 6) is -0.0304. The highest BCUT2D eigenvalue weighted by Crippen LogP contribution is 2.26. The molecule has 0 radical (unpaired) electrons. The topological polar surface area (TPSA) is 41.1 Å².